The molecule has 2 aromatic rings. The number of hydrogen-bond acceptors (Lipinski definition) is 9. The molecule has 180 valence electrons. The fraction of sp³-hybridized carbons (Fsp3) is 0.458. The Hall–Kier alpha value is -3.01. The summed E-state index contributed by atoms with van der Waals surface area (Å²) in [5.74, 6) is 0.673. The molecule has 3 rings (SSSR count). The van der Waals surface area contributed by atoms with Crippen molar-refractivity contribution in [2.45, 2.75) is 31.0 Å². The van der Waals surface area contributed by atoms with E-state index in [9.17, 15) is 15.0 Å². The summed E-state index contributed by atoms with van der Waals surface area (Å²) in [5.41, 5.74) is 2.55. The number of carbonyl (C=O) groups is 1. The van der Waals surface area contributed by atoms with Crippen LogP contribution in [0.25, 0.3) is 0 Å². The van der Waals surface area contributed by atoms with E-state index in [-0.39, 0.29) is 24.9 Å². The molecule has 0 aliphatic carbocycles. The lowest BCUT2D eigenvalue weighted by Gasteiger charge is -2.21. The number of carbonyl (C=O) groups excluding carboxylic acids is 1. The predicted molar refractivity (Wildman–Crippen MR) is 118 cm³/mol. The maximum atomic E-state index is 11.8. The second kappa shape index (κ2) is 11.2. The van der Waals surface area contributed by atoms with Crippen molar-refractivity contribution in [1.29, 1.82) is 0 Å². The van der Waals surface area contributed by atoms with Crippen molar-refractivity contribution in [3.63, 3.8) is 0 Å². The number of aliphatic hydroxyl groups is 3. The molecule has 3 unspecified atom stereocenters. The van der Waals surface area contributed by atoms with Crippen molar-refractivity contribution in [2.24, 2.45) is 0 Å². The summed E-state index contributed by atoms with van der Waals surface area (Å²) in [6.07, 6.45) is -0.401. The van der Waals surface area contributed by atoms with Gasteiger partial charge in [-0.3, -0.25) is 0 Å². The van der Waals surface area contributed by atoms with E-state index in [1.165, 1.54) is 14.2 Å². The Labute approximate surface area is 192 Å². The van der Waals surface area contributed by atoms with Gasteiger partial charge in [-0.05, 0) is 42.2 Å². The quantitative estimate of drug-likeness (QED) is 0.429. The van der Waals surface area contributed by atoms with E-state index >= 15 is 0 Å². The van der Waals surface area contributed by atoms with E-state index in [0.717, 1.165) is 16.7 Å². The minimum atomic E-state index is -1.19. The molecule has 9 nitrogen and oxygen atoms in total. The number of methoxy groups -OCH3 is 3. The number of aryl methyl sites for hydroxylation is 1. The Morgan fingerprint density at radius 2 is 1.79 bits per heavy atom. The fourth-order valence-electron chi connectivity index (χ4n) is 3.93. The Morgan fingerprint density at radius 3 is 2.39 bits per heavy atom. The van der Waals surface area contributed by atoms with Crippen LogP contribution in [-0.4, -0.2) is 68.5 Å². The molecule has 0 spiro atoms. The van der Waals surface area contributed by atoms with Crippen LogP contribution in [0.5, 0.6) is 23.0 Å². The van der Waals surface area contributed by atoms with Crippen LogP contribution in [-0.2, 0) is 16.0 Å². The zero-order valence-electron chi connectivity index (χ0n) is 18.9. The number of rotatable bonds is 11. The van der Waals surface area contributed by atoms with E-state index < -0.39 is 24.8 Å². The van der Waals surface area contributed by atoms with Gasteiger partial charge in [0.05, 0.1) is 40.5 Å². The molecule has 0 radical (unpaired) electrons. The van der Waals surface area contributed by atoms with Crippen LogP contribution in [0.3, 0.4) is 0 Å². The van der Waals surface area contributed by atoms with E-state index in [4.69, 9.17) is 24.1 Å². The summed E-state index contributed by atoms with van der Waals surface area (Å²) in [6, 6.07) is 8.93. The molecule has 33 heavy (non-hydrogen) atoms. The highest BCUT2D eigenvalue weighted by Gasteiger charge is 2.38. The summed E-state index contributed by atoms with van der Waals surface area (Å²) in [5, 5.41) is 28.8. The van der Waals surface area contributed by atoms with Crippen LogP contribution in [0, 0.1) is 0 Å². The highest BCUT2D eigenvalue weighted by molar-refractivity contribution is 5.75. The highest BCUT2D eigenvalue weighted by atomic mass is 16.6. The molecule has 0 fully saturated rings. The average Bonchev–Trinajstić information content (AvgIpc) is 3.23. The van der Waals surface area contributed by atoms with E-state index in [1.807, 2.05) is 12.1 Å². The zero-order chi connectivity index (χ0) is 24.0. The molecule has 1 aliphatic rings. The minimum Gasteiger partial charge on any atom is -0.493 e. The molecule has 0 bridgehead atoms. The van der Waals surface area contributed by atoms with Crippen LogP contribution in [0.4, 0.5) is 0 Å². The molecular formula is C24H30O9. The lowest BCUT2D eigenvalue weighted by atomic mass is 9.90. The average molecular weight is 462 g/mol. The third-order valence-corrected chi connectivity index (χ3v) is 5.61. The van der Waals surface area contributed by atoms with E-state index in [1.54, 1.807) is 25.3 Å². The van der Waals surface area contributed by atoms with Crippen LogP contribution in [0.2, 0.25) is 0 Å². The van der Waals surface area contributed by atoms with Gasteiger partial charge < -0.3 is 39.0 Å². The van der Waals surface area contributed by atoms with Gasteiger partial charge in [-0.2, -0.15) is 0 Å². The first-order valence-electron chi connectivity index (χ1n) is 10.6. The summed E-state index contributed by atoms with van der Waals surface area (Å²) in [4.78, 5) is 11.8. The van der Waals surface area contributed by atoms with Crippen LogP contribution in [0.15, 0.2) is 30.3 Å². The van der Waals surface area contributed by atoms with Crippen molar-refractivity contribution >= 4 is 5.97 Å². The van der Waals surface area contributed by atoms with Crippen LogP contribution in [0.1, 0.15) is 35.1 Å². The fourth-order valence-corrected chi connectivity index (χ4v) is 3.93. The molecule has 3 atom stereocenters. The van der Waals surface area contributed by atoms with Crippen LogP contribution >= 0.6 is 0 Å². The maximum Gasteiger partial charge on any atom is 0.349 e. The van der Waals surface area contributed by atoms with Crippen molar-refractivity contribution in [2.75, 3.05) is 41.2 Å². The second-order valence-corrected chi connectivity index (χ2v) is 7.59. The molecule has 1 aliphatic heterocycles. The summed E-state index contributed by atoms with van der Waals surface area (Å²) in [6.45, 7) is -0.618. The van der Waals surface area contributed by atoms with Gasteiger partial charge in [0.1, 0.15) is 6.10 Å². The first-order chi connectivity index (χ1) is 16.0. The first kappa shape index (κ1) is 24.6. The molecule has 0 saturated heterocycles. The Balaban J connectivity index is 1.93. The van der Waals surface area contributed by atoms with Gasteiger partial charge in [0, 0.05) is 12.2 Å². The largest absolute Gasteiger partial charge is 0.493 e. The third-order valence-electron chi connectivity index (χ3n) is 5.61. The minimum absolute atomic E-state index is 0.0866. The Kier molecular flexibility index (Phi) is 8.37. The lowest BCUT2D eigenvalue weighted by molar-refractivity contribution is -0.150. The molecule has 1 heterocycles. The van der Waals surface area contributed by atoms with E-state index in [2.05, 4.69) is 4.74 Å². The molecule has 0 aromatic heterocycles. The number of aliphatic hydroxyl groups excluding tert-OH is 3. The molecule has 9 heteroatoms. The highest BCUT2D eigenvalue weighted by Crippen LogP contribution is 2.51. The summed E-state index contributed by atoms with van der Waals surface area (Å²) >= 11 is 0. The van der Waals surface area contributed by atoms with E-state index in [0.29, 0.717) is 30.1 Å². The van der Waals surface area contributed by atoms with Crippen molar-refractivity contribution in [1.82, 2.24) is 0 Å². The van der Waals surface area contributed by atoms with Gasteiger partial charge in [-0.15, -0.1) is 0 Å². The SMILES string of the molecule is COC(=O)C(CO)Oc1ccc(C2Oc3c(OC)cc(CCCO)cc3C2CO)cc1OC. The molecule has 3 N–H and O–H groups in total. The monoisotopic (exact) mass is 462 g/mol. The summed E-state index contributed by atoms with van der Waals surface area (Å²) in [7, 11) is 4.23. The molecule has 2 aromatic carbocycles. The number of fused-ring (bicyclic) bond motifs is 1. The Morgan fingerprint density at radius 1 is 1.03 bits per heavy atom. The number of esters is 1. The molecular weight excluding hydrogens is 432 g/mol. The van der Waals surface area contributed by atoms with Gasteiger partial charge >= 0.3 is 5.97 Å². The molecule has 0 saturated carbocycles. The van der Waals surface area contributed by atoms with Crippen molar-refractivity contribution in [3.05, 3.63) is 47.0 Å². The lowest BCUT2D eigenvalue weighted by Crippen LogP contribution is -2.32. The first-order valence-corrected chi connectivity index (χ1v) is 10.6. The van der Waals surface area contributed by atoms with Gasteiger partial charge in [-0.25, -0.2) is 4.79 Å². The third kappa shape index (κ3) is 5.16. The van der Waals surface area contributed by atoms with Crippen LogP contribution < -0.4 is 18.9 Å². The van der Waals surface area contributed by atoms with Crippen molar-refractivity contribution in [3.8, 4) is 23.0 Å². The normalized spacial score (nSPS) is 17.6. The molecule has 0 amide bonds. The predicted octanol–water partition coefficient (Wildman–Crippen LogP) is 1.75. The summed E-state index contributed by atoms with van der Waals surface area (Å²) < 4.78 is 27.4. The van der Waals surface area contributed by atoms with Gasteiger partial charge in [-0.1, -0.05) is 12.1 Å². The van der Waals surface area contributed by atoms with Gasteiger partial charge in [0.25, 0.3) is 0 Å². The standard InChI is InChI=1S/C24H30O9/c1-29-19-11-15(6-7-18(19)32-21(13-27)24(28)31-3)22-17(12-26)16-9-14(5-4-8-25)10-20(30-2)23(16)33-22/h6-7,9-11,17,21-22,25-27H,4-5,8,12-13H2,1-3H3. The zero-order valence-corrected chi connectivity index (χ0v) is 18.9. The van der Waals surface area contributed by atoms with Gasteiger partial charge in [0.2, 0.25) is 6.10 Å². The smallest absolute Gasteiger partial charge is 0.349 e. The number of ether oxygens (including phenoxy) is 5. The van der Waals surface area contributed by atoms with Gasteiger partial charge in [0.15, 0.2) is 23.0 Å². The Bertz CT molecular complexity index is 959. The maximum absolute atomic E-state index is 11.8. The second-order valence-electron chi connectivity index (χ2n) is 7.59. The number of hydrogen-bond donors (Lipinski definition) is 3. The topological polar surface area (TPSA) is 124 Å². The number of benzene rings is 2. The van der Waals surface area contributed by atoms with Crippen molar-refractivity contribution < 1.29 is 43.8 Å².